The summed E-state index contributed by atoms with van der Waals surface area (Å²) >= 11 is 0. The van der Waals surface area contributed by atoms with Gasteiger partial charge in [-0.25, -0.2) is 0 Å². The molecule has 2 radical (unpaired) electrons. The van der Waals surface area contributed by atoms with E-state index in [0.29, 0.717) is 5.56 Å². The van der Waals surface area contributed by atoms with Crippen molar-refractivity contribution >= 4 is 27.9 Å². The van der Waals surface area contributed by atoms with Gasteiger partial charge in [0, 0.05) is 36.7 Å². The quantitative estimate of drug-likeness (QED) is 0.492. The van der Waals surface area contributed by atoms with Gasteiger partial charge in [-0.1, -0.05) is 62.2 Å². The highest BCUT2D eigenvalue weighted by molar-refractivity contribution is 6.16. The summed E-state index contributed by atoms with van der Waals surface area (Å²) in [5.41, 5.74) is 7.04. The van der Waals surface area contributed by atoms with Crippen LogP contribution in [0.15, 0.2) is 54.7 Å². The number of aryl methyl sites for hydroxylation is 1. The average molecular weight is 397 g/mol. The monoisotopic (exact) mass is 396 g/mol. The van der Waals surface area contributed by atoms with Crippen LogP contribution in [0, 0.1) is 20.3 Å². The number of fused-ring (bicyclic) bond motifs is 1. The molecule has 0 amide bonds. The Morgan fingerprint density at radius 1 is 1.10 bits per heavy atom. The molecule has 1 fully saturated rings. The Bertz CT molecular complexity index is 1090. The molecule has 3 heteroatoms. The van der Waals surface area contributed by atoms with Crippen LogP contribution in [0.3, 0.4) is 0 Å². The zero-order valence-corrected chi connectivity index (χ0v) is 17.8. The molecule has 30 heavy (non-hydrogen) atoms. The normalized spacial score (nSPS) is 14.9. The standard InChI is InChI=1S/C24H21N2O.C3H7/c1-16-4-6-18(7-5-16)24(27)21-15-25-22-11-10-19(17-8-9-17)14-20(22)23(21)26-12-2-3-13-26;1-3-2/h4-11,14-15H,2-3,12-13H2,1H3;1,3H2,2H3. The molecule has 1 saturated heterocycles. The van der Waals surface area contributed by atoms with E-state index in [1.165, 1.54) is 24.0 Å². The lowest BCUT2D eigenvalue weighted by molar-refractivity contribution is 0.103. The van der Waals surface area contributed by atoms with Gasteiger partial charge in [0.25, 0.3) is 0 Å². The number of rotatable bonds is 4. The highest BCUT2D eigenvalue weighted by Crippen LogP contribution is 2.37. The van der Waals surface area contributed by atoms with Gasteiger partial charge in [-0.15, -0.1) is 0 Å². The zero-order chi connectivity index (χ0) is 21.1. The average Bonchev–Trinajstić information content (AvgIpc) is 3.48. The Kier molecular flexibility index (Phi) is 5.98. The number of ketones is 1. The van der Waals surface area contributed by atoms with Crippen LogP contribution in [0.25, 0.3) is 16.5 Å². The Morgan fingerprint density at radius 2 is 1.77 bits per heavy atom. The van der Waals surface area contributed by atoms with Crippen molar-refractivity contribution in [3.63, 3.8) is 0 Å². The van der Waals surface area contributed by atoms with Gasteiger partial charge in [0.05, 0.1) is 16.8 Å². The first-order valence-corrected chi connectivity index (χ1v) is 10.8. The number of nitrogens with zero attached hydrogens (tertiary/aromatic N) is 2. The fraction of sp³-hybridized carbons (Fsp3) is 0.259. The van der Waals surface area contributed by atoms with E-state index in [1.54, 1.807) is 6.20 Å². The van der Waals surface area contributed by atoms with Crippen LogP contribution in [-0.2, 0) is 0 Å². The van der Waals surface area contributed by atoms with E-state index in [0.717, 1.165) is 47.2 Å². The number of hydrogen-bond donors (Lipinski definition) is 0. The van der Waals surface area contributed by atoms with Crippen molar-refractivity contribution in [3.8, 4) is 0 Å². The largest absolute Gasteiger partial charge is 0.370 e. The van der Waals surface area contributed by atoms with Gasteiger partial charge < -0.3 is 4.90 Å². The van der Waals surface area contributed by atoms with Crippen molar-refractivity contribution in [2.24, 2.45) is 0 Å². The highest BCUT2D eigenvalue weighted by atomic mass is 16.1. The number of pyridine rings is 1. The molecule has 152 valence electrons. The predicted octanol–water partition coefficient (Wildman–Crippen LogP) is 6.21. The van der Waals surface area contributed by atoms with Crippen molar-refractivity contribution in [3.05, 3.63) is 90.3 Å². The van der Waals surface area contributed by atoms with Crippen LogP contribution < -0.4 is 4.90 Å². The van der Waals surface area contributed by atoms with E-state index in [-0.39, 0.29) is 5.78 Å². The summed E-state index contributed by atoms with van der Waals surface area (Å²) in [7, 11) is 0. The molecule has 1 aromatic heterocycles. The fourth-order valence-corrected chi connectivity index (χ4v) is 3.90. The van der Waals surface area contributed by atoms with Crippen LogP contribution in [0.2, 0.25) is 0 Å². The molecule has 2 aliphatic rings. The molecule has 2 heterocycles. The summed E-state index contributed by atoms with van der Waals surface area (Å²) in [5.74, 6) is 0.0499. The third kappa shape index (κ3) is 4.16. The summed E-state index contributed by atoms with van der Waals surface area (Å²) in [6.07, 6.45) is 9.33. The maximum atomic E-state index is 13.3. The molecule has 0 N–H and O–H groups in total. The number of benzene rings is 2. The number of carbonyl (C=O) groups is 1. The van der Waals surface area contributed by atoms with Crippen LogP contribution in [0.4, 0.5) is 5.69 Å². The SMILES string of the molecule is Cc1ccc(C(=O)c2cnc3ccc(C4=C[CH]4)cc3c2N2CCCC2)cc1.[CH2]CC. The first-order chi connectivity index (χ1) is 14.6. The van der Waals surface area contributed by atoms with E-state index in [4.69, 9.17) is 0 Å². The first kappa shape index (κ1) is 20.3. The Morgan fingerprint density at radius 3 is 2.40 bits per heavy atom. The van der Waals surface area contributed by atoms with Gasteiger partial charge in [0.1, 0.15) is 0 Å². The topological polar surface area (TPSA) is 33.2 Å². The van der Waals surface area contributed by atoms with Gasteiger partial charge in [-0.2, -0.15) is 0 Å². The number of anilines is 1. The Labute approximate surface area is 179 Å². The highest BCUT2D eigenvalue weighted by Gasteiger charge is 2.24. The lowest BCUT2D eigenvalue weighted by Crippen LogP contribution is -2.21. The molecular formula is C27H28N2O. The molecule has 0 saturated carbocycles. The summed E-state index contributed by atoms with van der Waals surface area (Å²) in [4.78, 5) is 20.3. The second-order valence-electron chi connectivity index (χ2n) is 7.93. The summed E-state index contributed by atoms with van der Waals surface area (Å²) in [5, 5.41) is 1.08. The van der Waals surface area contributed by atoms with Crippen molar-refractivity contribution in [2.45, 2.75) is 33.1 Å². The minimum Gasteiger partial charge on any atom is -0.370 e. The molecule has 3 nitrogen and oxygen atoms in total. The third-order valence-electron chi connectivity index (χ3n) is 5.49. The van der Waals surface area contributed by atoms with E-state index < -0.39 is 0 Å². The van der Waals surface area contributed by atoms with Gasteiger partial charge in [0.15, 0.2) is 5.78 Å². The molecule has 0 spiro atoms. The Balaban J connectivity index is 0.000000687. The number of aromatic nitrogens is 1. The fourth-order valence-electron chi connectivity index (χ4n) is 3.90. The number of hydrogen-bond acceptors (Lipinski definition) is 3. The van der Waals surface area contributed by atoms with E-state index in [1.807, 2.05) is 38.1 Å². The zero-order valence-electron chi connectivity index (χ0n) is 17.8. The minimum absolute atomic E-state index is 0.0499. The van der Waals surface area contributed by atoms with E-state index >= 15 is 0 Å². The maximum Gasteiger partial charge on any atom is 0.196 e. The lowest BCUT2D eigenvalue weighted by atomic mass is 9.98. The molecular weight excluding hydrogens is 368 g/mol. The van der Waals surface area contributed by atoms with Crippen LogP contribution in [-0.4, -0.2) is 23.9 Å². The second kappa shape index (κ2) is 8.83. The van der Waals surface area contributed by atoms with Crippen LogP contribution >= 0.6 is 0 Å². The summed E-state index contributed by atoms with van der Waals surface area (Å²) < 4.78 is 0. The maximum absolute atomic E-state index is 13.3. The third-order valence-corrected chi connectivity index (χ3v) is 5.49. The van der Waals surface area contributed by atoms with Gasteiger partial charge in [-0.3, -0.25) is 9.78 Å². The van der Waals surface area contributed by atoms with Crippen molar-refractivity contribution in [1.29, 1.82) is 0 Å². The smallest absolute Gasteiger partial charge is 0.196 e. The second-order valence-corrected chi connectivity index (χ2v) is 7.93. The summed E-state index contributed by atoms with van der Waals surface area (Å²) in [6, 6.07) is 14.2. The molecule has 0 unspecified atom stereocenters. The van der Waals surface area contributed by atoms with Gasteiger partial charge >= 0.3 is 0 Å². The van der Waals surface area contributed by atoms with Crippen molar-refractivity contribution in [1.82, 2.24) is 4.98 Å². The molecule has 0 bridgehead atoms. The van der Waals surface area contributed by atoms with Gasteiger partial charge in [-0.05, 0) is 43.0 Å². The number of allylic oxidation sites excluding steroid dienone is 2. The van der Waals surface area contributed by atoms with Crippen LogP contribution in [0.1, 0.15) is 53.2 Å². The molecule has 5 rings (SSSR count). The molecule has 2 aromatic carbocycles. The first-order valence-electron chi connectivity index (χ1n) is 10.8. The van der Waals surface area contributed by atoms with Gasteiger partial charge in [0.2, 0.25) is 0 Å². The van der Waals surface area contributed by atoms with Crippen LogP contribution in [0.5, 0.6) is 0 Å². The Hall–Kier alpha value is -2.94. The minimum atomic E-state index is 0.0499. The molecule has 0 atom stereocenters. The lowest BCUT2D eigenvalue weighted by Gasteiger charge is -2.23. The molecule has 1 aliphatic heterocycles. The van der Waals surface area contributed by atoms with E-state index in [2.05, 4.69) is 47.5 Å². The van der Waals surface area contributed by atoms with E-state index in [9.17, 15) is 4.79 Å². The van der Waals surface area contributed by atoms with Crippen molar-refractivity contribution in [2.75, 3.05) is 18.0 Å². The molecule has 1 aliphatic carbocycles. The predicted molar refractivity (Wildman–Crippen MR) is 126 cm³/mol. The molecule has 3 aromatic rings. The summed E-state index contributed by atoms with van der Waals surface area (Å²) in [6.45, 7) is 9.52. The number of carbonyl (C=O) groups excluding carboxylic acids is 1. The van der Waals surface area contributed by atoms with Crippen molar-refractivity contribution < 1.29 is 4.79 Å².